The number of anilines is 2. The van der Waals surface area contributed by atoms with Gasteiger partial charge >= 0.3 is 18.0 Å². The van der Waals surface area contributed by atoms with Gasteiger partial charge in [-0.1, -0.05) is 37.4 Å². The van der Waals surface area contributed by atoms with Gasteiger partial charge in [-0.25, -0.2) is 14.4 Å². The molecule has 0 unspecified atom stereocenters. The molecule has 0 atom stereocenters. The molecule has 0 saturated carbocycles. The van der Waals surface area contributed by atoms with Gasteiger partial charge in [0.15, 0.2) is 0 Å². The lowest BCUT2D eigenvalue weighted by atomic mass is 10.1. The molecular weight excluding hydrogens is 432 g/mol. The number of nitrogens with zero attached hydrogens (tertiary/aromatic N) is 2. The highest BCUT2D eigenvalue weighted by Crippen LogP contribution is 2.22. The van der Waals surface area contributed by atoms with Crippen LogP contribution < -0.4 is 9.80 Å². The van der Waals surface area contributed by atoms with Gasteiger partial charge in [0.2, 0.25) is 0 Å². The minimum absolute atomic E-state index is 0.120. The molecule has 0 heterocycles. The number of amides is 2. The van der Waals surface area contributed by atoms with Crippen LogP contribution in [0.2, 0.25) is 0 Å². The van der Waals surface area contributed by atoms with Crippen molar-refractivity contribution in [1.82, 2.24) is 0 Å². The van der Waals surface area contributed by atoms with Gasteiger partial charge in [-0.3, -0.25) is 9.80 Å². The number of rotatable bonds is 12. The first-order valence-electron chi connectivity index (χ1n) is 11.3. The number of urea groups is 1. The van der Waals surface area contributed by atoms with Crippen LogP contribution in [0.15, 0.2) is 73.8 Å². The zero-order chi connectivity index (χ0) is 24.9. The van der Waals surface area contributed by atoms with E-state index in [1.807, 2.05) is 62.4 Å². The van der Waals surface area contributed by atoms with E-state index in [4.69, 9.17) is 9.47 Å². The summed E-state index contributed by atoms with van der Waals surface area (Å²) >= 11 is 0. The molecule has 0 aliphatic heterocycles. The van der Waals surface area contributed by atoms with E-state index in [0.717, 1.165) is 34.7 Å². The van der Waals surface area contributed by atoms with E-state index in [9.17, 15) is 14.4 Å². The van der Waals surface area contributed by atoms with Gasteiger partial charge in [-0.15, -0.1) is 0 Å². The van der Waals surface area contributed by atoms with Crippen LogP contribution in [0.3, 0.4) is 0 Å². The Morgan fingerprint density at radius 2 is 1.06 bits per heavy atom. The van der Waals surface area contributed by atoms with Crippen LogP contribution in [0.1, 0.15) is 25.0 Å². The van der Waals surface area contributed by atoms with Crippen molar-refractivity contribution in [2.45, 2.75) is 26.7 Å². The Labute approximate surface area is 201 Å². The number of carbonyl (C=O) groups is 3. The number of hydrogen-bond acceptors (Lipinski definition) is 5. The third kappa shape index (κ3) is 7.62. The molecule has 2 aromatic rings. The summed E-state index contributed by atoms with van der Waals surface area (Å²) in [7, 11) is 0. The highest BCUT2D eigenvalue weighted by molar-refractivity contribution is 6.03. The van der Waals surface area contributed by atoms with Crippen molar-refractivity contribution >= 4 is 29.3 Å². The number of benzene rings is 2. The summed E-state index contributed by atoms with van der Waals surface area (Å²) in [5.41, 5.74) is 3.59. The molecule has 0 bridgehead atoms. The quantitative estimate of drug-likeness (QED) is 0.336. The Morgan fingerprint density at radius 1 is 0.706 bits per heavy atom. The number of carbonyl (C=O) groups excluding carboxylic acids is 3. The monoisotopic (exact) mass is 464 g/mol. The van der Waals surface area contributed by atoms with Crippen molar-refractivity contribution in [3.63, 3.8) is 0 Å². The Bertz CT molecular complexity index is 904. The van der Waals surface area contributed by atoms with Gasteiger partial charge in [0.25, 0.3) is 0 Å². The Kier molecular flexibility index (Phi) is 10.6. The third-order valence-corrected chi connectivity index (χ3v) is 5.19. The van der Waals surface area contributed by atoms with E-state index in [-0.39, 0.29) is 19.2 Å². The predicted molar refractivity (Wildman–Crippen MR) is 134 cm³/mol. The van der Waals surface area contributed by atoms with Crippen molar-refractivity contribution < 1.29 is 23.9 Å². The Morgan fingerprint density at radius 3 is 1.35 bits per heavy atom. The van der Waals surface area contributed by atoms with E-state index in [2.05, 4.69) is 13.2 Å². The maximum Gasteiger partial charge on any atom is 0.330 e. The molecule has 180 valence electrons. The lowest BCUT2D eigenvalue weighted by Gasteiger charge is -2.29. The van der Waals surface area contributed by atoms with Crippen LogP contribution in [-0.4, -0.2) is 44.3 Å². The van der Waals surface area contributed by atoms with Gasteiger partial charge in [-0.05, 0) is 49.2 Å². The van der Waals surface area contributed by atoms with Crippen LogP contribution in [0.4, 0.5) is 16.2 Å². The fraction of sp³-hybridized carbons (Fsp3) is 0.296. The summed E-state index contributed by atoms with van der Waals surface area (Å²) in [5, 5.41) is 0. The van der Waals surface area contributed by atoms with E-state index >= 15 is 0 Å². The second-order valence-electron chi connectivity index (χ2n) is 7.35. The largest absolute Gasteiger partial charge is 0.462 e. The van der Waals surface area contributed by atoms with Crippen molar-refractivity contribution in [1.29, 1.82) is 0 Å². The molecule has 0 radical (unpaired) electrons. The van der Waals surface area contributed by atoms with E-state index in [0.29, 0.717) is 25.9 Å². The average Bonchev–Trinajstić information content (AvgIpc) is 2.86. The van der Waals surface area contributed by atoms with Crippen molar-refractivity contribution in [2.75, 3.05) is 36.1 Å². The summed E-state index contributed by atoms with van der Waals surface area (Å²) in [6.07, 6.45) is 3.45. The van der Waals surface area contributed by atoms with Gasteiger partial charge in [0, 0.05) is 49.5 Å². The molecule has 0 aromatic heterocycles. The molecular formula is C27H32N2O5. The first-order valence-corrected chi connectivity index (χ1v) is 11.3. The maximum atomic E-state index is 13.4. The molecule has 0 spiro atoms. The molecule has 0 aliphatic carbocycles. The van der Waals surface area contributed by atoms with Crippen LogP contribution >= 0.6 is 0 Å². The summed E-state index contributed by atoms with van der Waals surface area (Å²) in [6, 6.07) is 15.2. The average molecular weight is 465 g/mol. The number of esters is 2. The topological polar surface area (TPSA) is 76.2 Å². The van der Waals surface area contributed by atoms with Gasteiger partial charge in [0.1, 0.15) is 0 Å². The summed E-state index contributed by atoms with van der Waals surface area (Å²) in [6.45, 7) is 12.2. The van der Waals surface area contributed by atoms with Crippen molar-refractivity contribution in [3.05, 3.63) is 85.0 Å². The van der Waals surface area contributed by atoms with E-state index in [1.165, 1.54) is 0 Å². The first kappa shape index (κ1) is 26.4. The molecule has 7 heteroatoms. The second kappa shape index (κ2) is 13.6. The van der Waals surface area contributed by atoms with Crippen LogP contribution in [0, 0.1) is 0 Å². The molecule has 2 aromatic carbocycles. The van der Waals surface area contributed by atoms with Gasteiger partial charge in [0.05, 0.1) is 13.2 Å². The Hall–Kier alpha value is -3.87. The standard InChI is InChI=1S/C27H32N2O5/c1-5-25(30)33-19-17-21-9-13-23(14-10-21)28(7-3)27(32)29(8-4)24-15-11-22(12-16-24)18-20-34-26(31)6-2/h5-6,9-16H,1-2,7-8,17-20H2,3-4H3. The molecule has 0 fully saturated rings. The predicted octanol–water partition coefficient (Wildman–Crippen LogP) is 4.70. The van der Waals surface area contributed by atoms with E-state index < -0.39 is 11.9 Å². The SMILES string of the molecule is C=CC(=O)OCCc1ccc(N(CC)C(=O)N(CC)c2ccc(CCOC(=O)C=C)cc2)cc1. The smallest absolute Gasteiger partial charge is 0.330 e. The molecule has 2 rings (SSSR count). The highest BCUT2D eigenvalue weighted by atomic mass is 16.5. The molecule has 34 heavy (non-hydrogen) atoms. The van der Waals surface area contributed by atoms with Crippen molar-refractivity contribution in [3.8, 4) is 0 Å². The van der Waals surface area contributed by atoms with Crippen LogP contribution in [0.25, 0.3) is 0 Å². The number of hydrogen-bond donors (Lipinski definition) is 0. The highest BCUT2D eigenvalue weighted by Gasteiger charge is 2.21. The molecule has 0 aliphatic rings. The van der Waals surface area contributed by atoms with Gasteiger partial charge in [-0.2, -0.15) is 0 Å². The lowest BCUT2D eigenvalue weighted by molar-refractivity contribution is -0.138. The third-order valence-electron chi connectivity index (χ3n) is 5.19. The lowest BCUT2D eigenvalue weighted by Crippen LogP contribution is -2.43. The molecule has 0 saturated heterocycles. The number of ether oxygens (including phenoxy) is 2. The van der Waals surface area contributed by atoms with Crippen molar-refractivity contribution in [2.24, 2.45) is 0 Å². The minimum Gasteiger partial charge on any atom is -0.462 e. The minimum atomic E-state index is -0.441. The summed E-state index contributed by atoms with van der Waals surface area (Å²) in [5.74, 6) is -0.883. The Balaban J connectivity index is 2.04. The van der Waals surface area contributed by atoms with Crippen LogP contribution in [0.5, 0.6) is 0 Å². The first-order chi connectivity index (χ1) is 16.4. The molecule has 2 amide bonds. The fourth-order valence-corrected chi connectivity index (χ4v) is 3.34. The van der Waals surface area contributed by atoms with E-state index in [1.54, 1.807) is 9.80 Å². The second-order valence-corrected chi connectivity index (χ2v) is 7.35. The van der Waals surface area contributed by atoms with Crippen LogP contribution in [-0.2, 0) is 31.9 Å². The zero-order valence-electron chi connectivity index (χ0n) is 19.9. The molecule has 0 N–H and O–H groups in total. The van der Waals surface area contributed by atoms with Gasteiger partial charge < -0.3 is 9.47 Å². The zero-order valence-corrected chi connectivity index (χ0v) is 19.9. The fourth-order valence-electron chi connectivity index (χ4n) is 3.34. The normalized spacial score (nSPS) is 10.2. The maximum absolute atomic E-state index is 13.4. The molecule has 7 nitrogen and oxygen atoms in total. The summed E-state index contributed by atoms with van der Waals surface area (Å²) < 4.78 is 10.0. The summed E-state index contributed by atoms with van der Waals surface area (Å²) in [4.78, 5) is 39.1.